The molecule has 0 spiro atoms. The van der Waals surface area contributed by atoms with Crippen LogP contribution in [-0.2, 0) is 14.6 Å². The molecule has 2 fully saturated rings. The Bertz CT molecular complexity index is 1540. The molecule has 1 aromatic carbocycles. The van der Waals surface area contributed by atoms with E-state index < -0.39 is 22.1 Å². The SMILES string of the molecule is CC(C)c1ccc(N2C[C@H](CS(C)(=O)=O)[C@H]2C)c2cnc(Nc3ccnc(N4CC[C@@H](OCCN(C)C)[C@@H](F)C4)n3)cc12. The molecule has 0 radical (unpaired) electrons. The first-order valence-corrected chi connectivity index (χ1v) is 17.1. The second-order valence-corrected chi connectivity index (χ2v) is 14.7. The van der Waals surface area contributed by atoms with Gasteiger partial charge in [0.1, 0.15) is 27.6 Å². The minimum Gasteiger partial charge on any atom is -0.374 e. The first kappa shape index (κ1) is 31.3. The summed E-state index contributed by atoms with van der Waals surface area (Å²) >= 11 is 0. The van der Waals surface area contributed by atoms with E-state index in [4.69, 9.17) is 9.72 Å². The standard InChI is InChI=1S/C31H44FN7O3S/c1-20(2)23-7-8-27(39-17-22(21(39)3)19-43(6,40)41)25-16-34-30(15-24(23)25)35-29-9-11-33-31(36-29)38-12-10-28(26(32)18-38)42-14-13-37(4)5/h7-9,11,15-16,20-22,26,28H,10,12-14,17-19H2,1-6H3,(H,33,34,35,36)/t21-,22-,26+,28-/m1/s1. The third kappa shape index (κ3) is 7.35. The number of alkyl halides is 1. The van der Waals surface area contributed by atoms with Gasteiger partial charge in [-0.2, -0.15) is 4.98 Å². The van der Waals surface area contributed by atoms with E-state index in [1.807, 2.05) is 36.2 Å². The van der Waals surface area contributed by atoms with Crippen LogP contribution in [0.1, 0.15) is 38.7 Å². The third-order valence-corrected chi connectivity index (χ3v) is 9.53. The van der Waals surface area contributed by atoms with Gasteiger partial charge in [0, 0.05) is 61.3 Å². The summed E-state index contributed by atoms with van der Waals surface area (Å²) in [5.41, 5.74) is 2.27. The zero-order valence-electron chi connectivity index (χ0n) is 26.0. The summed E-state index contributed by atoms with van der Waals surface area (Å²) in [7, 11) is 0.916. The minimum atomic E-state index is -3.03. The number of anilines is 4. The topological polar surface area (TPSA) is 104 Å². The van der Waals surface area contributed by atoms with E-state index in [-0.39, 0.29) is 24.3 Å². The third-order valence-electron chi connectivity index (χ3n) is 8.50. The van der Waals surface area contributed by atoms with Crippen molar-refractivity contribution in [2.24, 2.45) is 5.92 Å². The number of nitrogens with one attached hydrogen (secondary N) is 1. The minimum absolute atomic E-state index is 0.116. The molecule has 0 amide bonds. The fourth-order valence-corrected chi connectivity index (χ4v) is 7.16. The van der Waals surface area contributed by atoms with Crippen LogP contribution >= 0.6 is 0 Å². The average Bonchev–Trinajstić information content (AvgIpc) is 2.94. The molecule has 0 unspecified atom stereocenters. The van der Waals surface area contributed by atoms with Crippen molar-refractivity contribution >= 4 is 43.9 Å². The molecule has 10 nitrogen and oxygen atoms in total. The number of piperidine rings is 1. The molecule has 12 heteroatoms. The number of aromatic nitrogens is 3. The summed E-state index contributed by atoms with van der Waals surface area (Å²) in [6, 6.07) is 8.24. The highest BCUT2D eigenvalue weighted by Gasteiger charge is 2.38. The molecule has 43 heavy (non-hydrogen) atoms. The smallest absolute Gasteiger partial charge is 0.227 e. The predicted molar refractivity (Wildman–Crippen MR) is 171 cm³/mol. The van der Waals surface area contributed by atoms with Crippen molar-refractivity contribution in [2.75, 3.05) is 74.0 Å². The van der Waals surface area contributed by atoms with Gasteiger partial charge < -0.3 is 24.8 Å². The van der Waals surface area contributed by atoms with Crippen LogP contribution in [0.15, 0.2) is 36.7 Å². The maximum atomic E-state index is 15.0. The number of hydrogen-bond acceptors (Lipinski definition) is 10. The van der Waals surface area contributed by atoms with Crippen LogP contribution in [0.4, 0.5) is 27.7 Å². The Morgan fingerprint density at radius 2 is 1.93 bits per heavy atom. The summed E-state index contributed by atoms with van der Waals surface area (Å²) in [5, 5.41) is 5.45. The maximum Gasteiger partial charge on any atom is 0.227 e. The molecule has 3 aromatic rings. The van der Waals surface area contributed by atoms with E-state index in [0.29, 0.717) is 49.6 Å². The van der Waals surface area contributed by atoms with E-state index in [0.717, 1.165) is 23.0 Å². The van der Waals surface area contributed by atoms with Crippen LogP contribution in [-0.4, -0.2) is 105 Å². The lowest BCUT2D eigenvalue weighted by Gasteiger charge is -2.48. The van der Waals surface area contributed by atoms with E-state index in [1.54, 1.807) is 12.3 Å². The van der Waals surface area contributed by atoms with Gasteiger partial charge in [-0.05, 0) is 62.5 Å². The van der Waals surface area contributed by atoms with E-state index in [1.165, 1.54) is 11.8 Å². The molecule has 2 saturated heterocycles. The first-order chi connectivity index (χ1) is 20.4. The van der Waals surface area contributed by atoms with Gasteiger partial charge in [-0.1, -0.05) is 19.9 Å². The van der Waals surface area contributed by atoms with Crippen molar-refractivity contribution in [1.29, 1.82) is 0 Å². The van der Waals surface area contributed by atoms with Gasteiger partial charge in [0.25, 0.3) is 0 Å². The molecule has 2 aliphatic rings. The van der Waals surface area contributed by atoms with Gasteiger partial charge >= 0.3 is 0 Å². The van der Waals surface area contributed by atoms with E-state index >= 15 is 0 Å². The Balaban J connectivity index is 1.32. The van der Waals surface area contributed by atoms with E-state index in [2.05, 4.69) is 53.1 Å². The highest BCUT2D eigenvalue weighted by molar-refractivity contribution is 7.90. The van der Waals surface area contributed by atoms with Gasteiger partial charge in [0.2, 0.25) is 5.95 Å². The van der Waals surface area contributed by atoms with Crippen LogP contribution < -0.4 is 15.1 Å². The van der Waals surface area contributed by atoms with Crippen molar-refractivity contribution in [3.8, 4) is 0 Å². The Labute approximate surface area is 254 Å². The number of pyridine rings is 1. The van der Waals surface area contributed by atoms with Crippen LogP contribution in [0, 0.1) is 5.92 Å². The molecule has 5 rings (SSSR count). The highest BCUT2D eigenvalue weighted by atomic mass is 32.2. The predicted octanol–water partition coefficient (Wildman–Crippen LogP) is 4.26. The molecule has 4 heterocycles. The Morgan fingerprint density at radius 3 is 2.60 bits per heavy atom. The van der Waals surface area contributed by atoms with Crippen LogP contribution in [0.2, 0.25) is 0 Å². The summed E-state index contributed by atoms with van der Waals surface area (Å²) < 4.78 is 44.5. The first-order valence-electron chi connectivity index (χ1n) is 15.0. The van der Waals surface area contributed by atoms with Crippen molar-refractivity contribution in [3.63, 3.8) is 0 Å². The fraction of sp³-hybridized carbons (Fsp3) is 0.581. The molecular weight excluding hydrogens is 569 g/mol. The molecule has 0 saturated carbocycles. The molecule has 0 bridgehead atoms. The number of hydrogen-bond donors (Lipinski definition) is 1. The Morgan fingerprint density at radius 1 is 1.14 bits per heavy atom. The van der Waals surface area contributed by atoms with Gasteiger partial charge in [0.05, 0.1) is 25.0 Å². The number of ether oxygens (including phenoxy) is 1. The zero-order chi connectivity index (χ0) is 30.9. The summed E-state index contributed by atoms with van der Waals surface area (Å²) in [6.07, 6.45) is 3.91. The number of benzene rings is 1. The largest absolute Gasteiger partial charge is 0.374 e. The monoisotopic (exact) mass is 613 g/mol. The molecule has 0 aliphatic carbocycles. The quantitative estimate of drug-likeness (QED) is 0.338. The van der Waals surface area contributed by atoms with Gasteiger partial charge in [0.15, 0.2) is 0 Å². The van der Waals surface area contributed by atoms with Gasteiger partial charge in [-0.3, -0.25) is 0 Å². The molecule has 1 N–H and O–H groups in total. The number of sulfone groups is 1. The number of likely N-dealkylation sites (N-methyl/N-ethyl adjacent to an activating group) is 1. The Kier molecular flexibility index (Phi) is 9.38. The summed E-state index contributed by atoms with van der Waals surface area (Å²) in [5.74, 6) is 2.32. The zero-order valence-corrected chi connectivity index (χ0v) is 26.8. The molecule has 2 aromatic heterocycles. The average molecular weight is 614 g/mol. The molecular formula is C31H44FN7O3S. The van der Waals surface area contributed by atoms with Gasteiger partial charge in [-0.15, -0.1) is 0 Å². The van der Waals surface area contributed by atoms with Crippen molar-refractivity contribution in [2.45, 2.75) is 51.4 Å². The van der Waals surface area contributed by atoms with E-state index in [9.17, 15) is 12.8 Å². The highest BCUT2D eigenvalue weighted by Crippen LogP contribution is 2.39. The lowest BCUT2D eigenvalue weighted by Crippen LogP contribution is -2.57. The Hall–Kier alpha value is -3.09. The second-order valence-electron chi connectivity index (χ2n) is 12.5. The number of fused-ring (bicyclic) bond motifs is 1. The summed E-state index contributed by atoms with van der Waals surface area (Å²) in [6.45, 7) is 9.19. The number of rotatable bonds is 11. The van der Waals surface area contributed by atoms with Crippen LogP contribution in [0.5, 0.6) is 0 Å². The van der Waals surface area contributed by atoms with Crippen molar-refractivity contribution in [3.05, 3.63) is 42.2 Å². The number of halogens is 1. The van der Waals surface area contributed by atoms with Crippen molar-refractivity contribution in [1.82, 2.24) is 19.9 Å². The van der Waals surface area contributed by atoms with Crippen LogP contribution in [0.25, 0.3) is 10.8 Å². The lowest BCUT2D eigenvalue weighted by molar-refractivity contribution is -0.0174. The second kappa shape index (κ2) is 12.9. The maximum absolute atomic E-state index is 15.0. The van der Waals surface area contributed by atoms with Gasteiger partial charge in [-0.25, -0.2) is 22.8 Å². The van der Waals surface area contributed by atoms with Crippen LogP contribution in [0.3, 0.4) is 0 Å². The summed E-state index contributed by atoms with van der Waals surface area (Å²) in [4.78, 5) is 20.0. The molecule has 2 aliphatic heterocycles. The molecule has 4 atom stereocenters. The van der Waals surface area contributed by atoms with Crippen molar-refractivity contribution < 1.29 is 17.5 Å². The molecule has 234 valence electrons. The fourth-order valence-electron chi connectivity index (χ4n) is 6.00. The normalized spacial score (nSPS) is 22.8. The number of nitrogens with zero attached hydrogens (tertiary/aromatic N) is 6. The lowest BCUT2D eigenvalue weighted by atomic mass is 9.88.